The molecule has 26 heteroatoms. The van der Waals surface area contributed by atoms with Crippen molar-refractivity contribution in [3.63, 3.8) is 0 Å². The number of carbonyl (C=O) groups excluding carboxylic acids is 8. The number of hydrogen-bond acceptors (Lipinski definition) is 21. The number of rotatable bonds is 10. The molecule has 4 amide bonds. The van der Waals surface area contributed by atoms with Gasteiger partial charge in [0.1, 0.15) is 74.3 Å². The van der Waals surface area contributed by atoms with Crippen LogP contribution in [0, 0.1) is 37.5 Å². The van der Waals surface area contributed by atoms with Gasteiger partial charge >= 0.3 is 23.9 Å². The van der Waals surface area contributed by atoms with E-state index in [1.165, 1.54) is 24.0 Å². The van der Waals surface area contributed by atoms with Crippen LogP contribution in [0.1, 0.15) is 206 Å². The summed E-state index contributed by atoms with van der Waals surface area (Å²) in [4.78, 5) is 132. The summed E-state index contributed by atoms with van der Waals surface area (Å²) in [6.07, 6.45) is 12.9. The first kappa shape index (κ1) is 74.6. The van der Waals surface area contributed by atoms with E-state index in [0.29, 0.717) is 95.1 Å². The van der Waals surface area contributed by atoms with Crippen LogP contribution < -0.4 is 29.6 Å². The molecule has 4 aromatic heterocycles. The third kappa shape index (κ3) is 15.8. The van der Waals surface area contributed by atoms with Gasteiger partial charge in [0.15, 0.2) is 0 Å². The summed E-state index contributed by atoms with van der Waals surface area (Å²) >= 11 is 0. The number of amides is 4. The van der Waals surface area contributed by atoms with Gasteiger partial charge in [-0.1, -0.05) is 50.0 Å². The molecule has 2 saturated carbocycles. The van der Waals surface area contributed by atoms with Crippen molar-refractivity contribution >= 4 is 69.6 Å². The lowest BCUT2D eigenvalue weighted by molar-refractivity contribution is -0.159. The van der Waals surface area contributed by atoms with Crippen LogP contribution in [0.25, 0.3) is 22.1 Å². The molecule has 0 aromatic carbocycles. The summed E-state index contributed by atoms with van der Waals surface area (Å²) in [5.41, 5.74) is -2.94. The molecule has 2 saturated heterocycles. The van der Waals surface area contributed by atoms with E-state index in [-0.39, 0.29) is 93.9 Å². The van der Waals surface area contributed by atoms with Gasteiger partial charge in [-0.3, -0.25) is 28.8 Å². The van der Waals surface area contributed by atoms with Crippen molar-refractivity contribution in [2.45, 2.75) is 243 Å². The number of ether oxygens (including phenoxy) is 8. The number of halogens is 1. The Morgan fingerprint density at radius 2 is 1.01 bits per heavy atom. The number of allylic oxidation sites excluding steroid dienone is 2. The second-order valence-corrected chi connectivity index (χ2v) is 30.7. The van der Waals surface area contributed by atoms with E-state index in [2.05, 4.69) is 30.6 Å². The maximum atomic E-state index is 16.6. The monoisotopic (exact) mass is 1410 g/mol. The van der Waals surface area contributed by atoms with Crippen molar-refractivity contribution < 1.29 is 85.7 Å². The molecule has 0 bridgehead atoms. The molecule has 8 aliphatic rings. The van der Waals surface area contributed by atoms with Gasteiger partial charge in [0.25, 0.3) is 0 Å². The molecule has 4 fully saturated rings. The summed E-state index contributed by atoms with van der Waals surface area (Å²) in [6, 6.07) is 4.67. The Labute approximate surface area is 594 Å². The molecule has 12 atom stereocenters. The number of methoxy groups -OCH3 is 2. The number of aliphatic hydroxyl groups excluding tert-OH is 1. The second kappa shape index (κ2) is 29.7. The predicted octanol–water partition coefficient (Wildman–Crippen LogP) is 9.79. The molecule has 2 aliphatic carbocycles. The summed E-state index contributed by atoms with van der Waals surface area (Å²) < 4.78 is 62.8. The third-order valence-corrected chi connectivity index (χ3v) is 20.7. The van der Waals surface area contributed by atoms with Crippen molar-refractivity contribution in [2.24, 2.45) is 23.7 Å². The van der Waals surface area contributed by atoms with E-state index in [1.54, 1.807) is 93.5 Å². The van der Waals surface area contributed by atoms with Crippen molar-refractivity contribution in [2.75, 3.05) is 40.5 Å². The van der Waals surface area contributed by atoms with Crippen LogP contribution in [0.2, 0.25) is 0 Å². The number of aromatic nitrogens is 4. The first-order chi connectivity index (χ1) is 48.4. The van der Waals surface area contributed by atoms with E-state index in [1.807, 2.05) is 24.3 Å². The minimum absolute atomic E-state index is 0.0238. The molecule has 6 aliphatic heterocycles. The van der Waals surface area contributed by atoms with Crippen LogP contribution in [-0.4, -0.2) is 168 Å². The van der Waals surface area contributed by atoms with Crippen LogP contribution >= 0.6 is 0 Å². The molecule has 2 unspecified atom stereocenters. The second-order valence-electron chi connectivity index (χ2n) is 30.7. The quantitative estimate of drug-likeness (QED) is 0.0755. The fraction of sp³-hybridized carbons (Fsp3) is 0.632. The molecule has 4 aromatic rings. The molecule has 25 nitrogen and oxygen atoms in total. The predicted molar refractivity (Wildman–Crippen MR) is 370 cm³/mol. The Hall–Kier alpha value is -8.55. The zero-order valence-corrected chi connectivity index (χ0v) is 60.8. The van der Waals surface area contributed by atoms with Gasteiger partial charge in [0.05, 0.1) is 93.0 Å². The smallest absolute Gasteiger partial charge is 0.332 e. The molecule has 2 spiro atoms. The normalized spacial score (nSPS) is 30.1. The number of carbonyl (C=O) groups is 8. The van der Waals surface area contributed by atoms with Crippen molar-refractivity contribution in [1.82, 2.24) is 40.4 Å². The van der Waals surface area contributed by atoms with Crippen LogP contribution in [0.5, 0.6) is 23.3 Å². The maximum absolute atomic E-state index is 16.6. The molecule has 552 valence electrons. The minimum Gasteiger partial charge on any atom is -0.483 e. The fourth-order valence-electron chi connectivity index (χ4n) is 15.7. The SMILES string of the molecule is CCOC(=O)[C@@]12C[C@H]1/C=C\CCCCC[C@H](CC(=O)OC(C)(C)C)C(=O)N1C[C@@]3(CC(F)c4c(c(C)nc5ccc(OC)nc45)O3)C[C@H]1C(=O)N2.CCOC(=O)[C@@]12C[C@H]1/C=C\CCCCC[C@H](CC(=O)OC(C)(C)C)C(=O)N1C[C@@]3(CC(O)c4c(c(C)nc5ccc(OC)nc45)O3)C[C@H]1C(=O)N2. The summed E-state index contributed by atoms with van der Waals surface area (Å²) in [5, 5.41) is 17.7. The Kier molecular flexibility index (Phi) is 21.7. The van der Waals surface area contributed by atoms with Gasteiger partial charge in [-0.25, -0.2) is 33.9 Å². The standard InChI is InChI=1S/C38H49FN4O8.C38H50N4O9/c1-7-49-35(47)38-18-24(38)14-12-10-8-9-11-13-23(17-29(44)50-36(3,4)5)34(46)43-21-37(20-27(43)33(45)42-38)19-25(39)30-31-26(15-16-28(41-31)48-6)40-22(2)32(30)51-37;1-7-49-35(47)38-18-24(38)14-12-10-8-9-11-13-23(17-29(44)50-36(3,4)5)34(46)42-21-37(19-26(42)33(45)41-38)20-27(43)30-31-25(15-16-28(40-31)48-6)39-22(2)32(30)51-37/h12,14-16,23-25,27H,7-11,13,17-21H2,1-6H3,(H,42,45);12,14-16,23-24,26-27,43H,7-11,13,17-21H2,1-6H3,(H,41,45)/b2*14-12-/t23-,24-,25?,27+,37-,38-;23-,24-,26+,27?,37+,38-/m11/s1. The molecule has 0 radical (unpaired) electrons. The molecular formula is C76H99FN8O17. The van der Waals surface area contributed by atoms with Gasteiger partial charge in [-0.2, -0.15) is 0 Å². The highest BCUT2D eigenvalue weighted by Crippen LogP contribution is 2.54. The van der Waals surface area contributed by atoms with Crippen molar-refractivity contribution in [3.05, 3.63) is 71.1 Å². The van der Waals surface area contributed by atoms with E-state index in [4.69, 9.17) is 37.9 Å². The molecule has 10 heterocycles. The van der Waals surface area contributed by atoms with Gasteiger partial charge in [-0.05, 0) is 133 Å². The molecule has 102 heavy (non-hydrogen) atoms. The lowest BCUT2D eigenvalue weighted by atomic mass is 9.86. The van der Waals surface area contributed by atoms with Crippen LogP contribution in [0.15, 0.2) is 48.6 Å². The number of hydrogen-bond donors (Lipinski definition) is 3. The fourth-order valence-corrected chi connectivity index (χ4v) is 15.7. The van der Waals surface area contributed by atoms with Gasteiger partial charge in [0.2, 0.25) is 35.4 Å². The van der Waals surface area contributed by atoms with Crippen molar-refractivity contribution in [3.8, 4) is 23.3 Å². The van der Waals surface area contributed by atoms with Gasteiger partial charge in [0, 0.05) is 61.5 Å². The number of alkyl halides is 1. The van der Waals surface area contributed by atoms with Crippen molar-refractivity contribution in [1.29, 1.82) is 0 Å². The summed E-state index contributed by atoms with van der Waals surface area (Å²) in [6.45, 7) is 17.7. The van der Waals surface area contributed by atoms with Gasteiger partial charge in [-0.15, -0.1) is 0 Å². The largest absolute Gasteiger partial charge is 0.483 e. The highest BCUT2D eigenvalue weighted by Gasteiger charge is 2.65. The average molecular weight is 1420 g/mol. The van der Waals surface area contributed by atoms with E-state index >= 15 is 4.39 Å². The van der Waals surface area contributed by atoms with E-state index in [0.717, 1.165) is 38.5 Å². The highest BCUT2D eigenvalue weighted by atomic mass is 19.1. The Balaban J connectivity index is 0.000000205. The van der Waals surface area contributed by atoms with Crippen LogP contribution in [-0.2, 0) is 57.3 Å². The lowest BCUT2D eigenvalue weighted by Crippen LogP contribution is -2.54. The number of aliphatic hydroxyl groups is 1. The number of pyridine rings is 4. The van der Waals surface area contributed by atoms with Crippen LogP contribution in [0.3, 0.4) is 0 Å². The number of aryl methyl sites for hydroxylation is 2. The topological polar surface area (TPSA) is 313 Å². The number of esters is 4. The number of nitrogens with zero attached hydrogens (tertiary/aromatic N) is 6. The first-order valence-corrected chi connectivity index (χ1v) is 36.2. The minimum atomic E-state index is -1.56. The summed E-state index contributed by atoms with van der Waals surface area (Å²) in [7, 11) is 2.98. The Morgan fingerprint density at radius 3 is 1.43 bits per heavy atom. The zero-order chi connectivity index (χ0) is 73.4. The average Bonchev–Trinajstić information content (AvgIpc) is 1.47. The van der Waals surface area contributed by atoms with Gasteiger partial charge < -0.3 is 63.4 Å². The Bertz CT molecular complexity index is 3730. The molecule has 12 rings (SSSR count). The highest BCUT2D eigenvalue weighted by molar-refractivity contribution is 5.98. The number of fused-ring (bicyclic) bond motifs is 10. The molecular weight excluding hydrogens is 1320 g/mol. The maximum Gasteiger partial charge on any atom is 0.332 e. The lowest BCUT2D eigenvalue weighted by Gasteiger charge is -2.38. The van der Waals surface area contributed by atoms with E-state index in [9.17, 15) is 43.5 Å². The molecule has 3 N–H and O–H groups in total. The van der Waals surface area contributed by atoms with E-state index < -0.39 is 111 Å². The summed E-state index contributed by atoms with van der Waals surface area (Å²) in [5.74, 6) is -4.70. The van der Waals surface area contributed by atoms with Crippen LogP contribution in [0.4, 0.5) is 4.39 Å². The first-order valence-electron chi connectivity index (χ1n) is 36.2. The third-order valence-electron chi connectivity index (χ3n) is 20.7. The zero-order valence-electron chi connectivity index (χ0n) is 60.8. The number of nitrogens with one attached hydrogen (secondary N) is 2. The Morgan fingerprint density at radius 1 is 0.588 bits per heavy atom.